The van der Waals surface area contributed by atoms with Crippen LogP contribution in [0, 0.1) is 11.3 Å². The van der Waals surface area contributed by atoms with E-state index in [4.69, 9.17) is 9.97 Å². The first-order valence-electron chi connectivity index (χ1n) is 18.2. The molecule has 0 aliphatic rings. The van der Waals surface area contributed by atoms with E-state index in [1.807, 2.05) is 42.5 Å². The van der Waals surface area contributed by atoms with Crippen LogP contribution >= 0.6 is 0 Å². The van der Waals surface area contributed by atoms with E-state index in [9.17, 15) is 5.26 Å². The first-order chi connectivity index (χ1) is 26.7. The fraction of sp³-hybridized carbons (Fsp3) is 0. The van der Waals surface area contributed by atoms with E-state index in [-0.39, 0.29) is 0 Å². The van der Waals surface area contributed by atoms with Gasteiger partial charge in [0.2, 0.25) is 0 Å². The van der Waals surface area contributed by atoms with Gasteiger partial charge in [-0.15, -0.1) is 0 Å². The summed E-state index contributed by atoms with van der Waals surface area (Å²) in [6.45, 7) is 0. The molecule has 0 aliphatic heterocycles. The zero-order valence-corrected chi connectivity index (χ0v) is 29.1. The normalized spacial score (nSPS) is 11.7. The van der Waals surface area contributed by atoms with Gasteiger partial charge in [-0.3, -0.25) is 0 Å². The van der Waals surface area contributed by atoms with Crippen LogP contribution in [0.4, 0.5) is 0 Å². The molecule has 0 spiro atoms. The van der Waals surface area contributed by atoms with Crippen LogP contribution in [-0.2, 0) is 0 Å². The summed E-state index contributed by atoms with van der Waals surface area (Å²) in [4.78, 5) is 10.5. The molecular weight excluding hydrogens is 655 g/mol. The highest BCUT2D eigenvalue weighted by Crippen LogP contribution is 2.45. The number of aromatic nitrogens is 2. The Balaban J connectivity index is 1.25. The van der Waals surface area contributed by atoms with Gasteiger partial charge in [-0.05, 0) is 106 Å². The Bertz CT molecular complexity index is 3310. The maximum atomic E-state index is 9.45. The van der Waals surface area contributed by atoms with Gasteiger partial charge >= 0.3 is 0 Å². The van der Waals surface area contributed by atoms with Crippen LogP contribution < -0.4 is 0 Å². The van der Waals surface area contributed by atoms with Crippen LogP contribution in [0.15, 0.2) is 176 Å². The van der Waals surface area contributed by atoms with Crippen LogP contribution in [-0.4, -0.2) is 9.97 Å². The van der Waals surface area contributed by atoms with E-state index in [0.29, 0.717) is 11.4 Å². The maximum Gasteiger partial charge on any atom is 0.160 e. The number of rotatable bonds is 4. The molecule has 1 aromatic heterocycles. The third kappa shape index (κ3) is 4.61. The lowest BCUT2D eigenvalue weighted by Gasteiger charge is -2.17. The summed E-state index contributed by atoms with van der Waals surface area (Å²) in [7, 11) is 0. The van der Waals surface area contributed by atoms with Crippen molar-refractivity contribution >= 4 is 64.6 Å². The molecule has 11 aromatic rings. The van der Waals surface area contributed by atoms with Gasteiger partial charge in [0.25, 0.3) is 0 Å². The minimum absolute atomic E-state index is 0.633. The molecule has 10 aromatic carbocycles. The van der Waals surface area contributed by atoms with Gasteiger partial charge in [0.1, 0.15) is 0 Å². The monoisotopic (exact) mass is 683 g/mol. The predicted octanol–water partition coefficient (Wildman–Crippen LogP) is 13.4. The second kappa shape index (κ2) is 11.8. The quantitative estimate of drug-likeness (QED) is 0.174. The number of hydrogen-bond acceptors (Lipinski definition) is 3. The second-order valence-corrected chi connectivity index (χ2v) is 14.0. The Labute approximate surface area is 311 Å². The van der Waals surface area contributed by atoms with Gasteiger partial charge in [-0.1, -0.05) is 146 Å². The molecule has 0 atom stereocenters. The first-order valence-corrected chi connectivity index (χ1v) is 18.2. The van der Waals surface area contributed by atoms with Crippen molar-refractivity contribution in [3.05, 3.63) is 181 Å². The van der Waals surface area contributed by atoms with Crippen LogP contribution in [0.25, 0.3) is 110 Å². The predicted molar refractivity (Wildman–Crippen MR) is 225 cm³/mol. The summed E-state index contributed by atoms with van der Waals surface area (Å²) < 4.78 is 0. The Morgan fingerprint density at radius 1 is 0.352 bits per heavy atom. The largest absolute Gasteiger partial charge is 0.228 e. The smallest absolute Gasteiger partial charge is 0.160 e. The first kappa shape index (κ1) is 30.2. The van der Waals surface area contributed by atoms with Crippen LogP contribution in [0.3, 0.4) is 0 Å². The minimum atomic E-state index is 0.633. The lowest BCUT2D eigenvalue weighted by Crippen LogP contribution is -1.97. The molecular formula is C51H29N3. The average molecular weight is 684 g/mol. The highest BCUT2D eigenvalue weighted by atomic mass is 14.9. The van der Waals surface area contributed by atoms with Crippen LogP contribution in [0.2, 0.25) is 0 Å². The highest BCUT2D eigenvalue weighted by molar-refractivity contribution is 6.37. The minimum Gasteiger partial charge on any atom is -0.228 e. The van der Waals surface area contributed by atoms with Crippen molar-refractivity contribution in [3.8, 4) is 51.1 Å². The highest BCUT2D eigenvalue weighted by Gasteiger charge is 2.19. The van der Waals surface area contributed by atoms with Crippen molar-refractivity contribution in [1.29, 1.82) is 5.26 Å². The average Bonchev–Trinajstić information content (AvgIpc) is 3.25. The SMILES string of the molecule is N#Cc1ccc(-c2ccccc2-c2cc(-c3cc4ccc5cccc6c7cccc8ccc9cccc(c(c3)c4c56)c9c87)nc(-c3ccccc3)n2)cc1. The fourth-order valence-corrected chi connectivity index (χ4v) is 8.56. The van der Waals surface area contributed by atoms with E-state index < -0.39 is 0 Å². The van der Waals surface area contributed by atoms with Gasteiger partial charge in [0.05, 0.1) is 23.0 Å². The maximum absolute atomic E-state index is 9.45. The van der Waals surface area contributed by atoms with Crippen molar-refractivity contribution in [1.82, 2.24) is 9.97 Å². The number of nitriles is 1. The van der Waals surface area contributed by atoms with E-state index in [0.717, 1.165) is 39.2 Å². The molecule has 3 heteroatoms. The topological polar surface area (TPSA) is 49.6 Å². The summed E-state index contributed by atoms with van der Waals surface area (Å²) in [5.74, 6) is 0.669. The zero-order chi connectivity index (χ0) is 35.8. The molecule has 248 valence electrons. The van der Waals surface area contributed by atoms with Crippen molar-refractivity contribution < 1.29 is 0 Å². The molecule has 3 nitrogen and oxygen atoms in total. The Kier molecular flexibility index (Phi) is 6.62. The summed E-state index contributed by atoms with van der Waals surface area (Å²) in [5, 5.41) is 24.4. The summed E-state index contributed by atoms with van der Waals surface area (Å²) in [6.07, 6.45) is 0. The second-order valence-electron chi connectivity index (χ2n) is 14.0. The summed E-state index contributed by atoms with van der Waals surface area (Å²) >= 11 is 0. The Hall–Kier alpha value is -7.41. The Morgan fingerprint density at radius 3 is 1.52 bits per heavy atom. The van der Waals surface area contributed by atoms with Gasteiger partial charge in [-0.25, -0.2) is 9.97 Å². The molecule has 0 fully saturated rings. The van der Waals surface area contributed by atoms with Crippen molar-refractivity contribution in [3.63, 3.8) is 0 Å². The number of fused-ring (bicyclic) bond motifs is 2. The molecule has 0 radical (unpaired) electrons. The molecule has 54 heavy (non-hydrogen) atoms. The summed E-state index contributed by atoms with van der Waals surface area (Å²) in [6, 6.07) is 64.5. The molecule has 0 amide bonds. The third-order valence-corrected chi connectivity index (χ3v) is 11.0. The third-order valence-electron chi connectivity index (χ3n) is 11.0. The zero-order valence-electron chi connectivity index (χ0n) is 29.1. The van der Waals surface area contributed by atoms with Crippen molar-refractivity contribution in [2.24, 2.45) is 0 Å². The van der Waals surface area contributed by atoms with Crippen LogP contribution in [0.1, 0.15) is 5.56 Å². The molecule has 0 N–H and O–H groups in total. The van der Waals surface area contributed by atoms with E-state index >= 15 is 0 Å². The van der Waals surface area contributed by atoms with Crippen molar-refractivity contribution in [2.45, 2.75) is 0 Å². The van der Waals surface area contributed by atoms with E-state index in [2.05, 4.69) is 140 Å². The molecule has 0 aliphatic carbocycles. The van der Waals surface area contributed by atoms with Gasteiger partial charge in [0.15, 0.2) is 5.82 Å². The molecule has 0 saturated carbocycles. The van der Waals surface area contributed by atoms with Gasteiger partial charge < -0.3 is 0 Å². The molecule has 0 bridgehead atoms. The lowest BCUT2D eigenvalue weighted by atomic mass is 9.87. The lowest BCUT2D eigenvalue weighted by molar-refractivity contribution is 1.18. The molecule has 0 saturated heterocycles. The molecule has 1 heterocycles. The molecule has 0 unspecified atom stereocenters. The molecule has 11 rings (SSSR count). The standard InChI is InChI=1S/C51H29N3/c52-30-31-19-21-32(22-20-31)39-14-4-5-15-40(39)46-29-45(53-51(54-46)36-9-2-1-3-10-36)38-27-37-26-25-35-12-7-17-42-41-16-6-11-33-23-24-34-13-8-18-43(49(34)47(33)41)44(28-38)50(37)48(35)42/h1-29H. The van der Waals surface area contributed by atoms with Gasteiger partial charge in [-0.2, -0.15) is 5.26 Å². The number of hydrogen-bond donors (Lipinski definition) is 0. The number of benzene rings is 9. The van der Waals surface area contributed by atoms with Crippen molar-refractivity contribution in [2.75, 3.05) is 0 Å². The Morgan fingerprint density at radius 2 is 0.889 bits per heavy atom. The number of nitrogens with zero attached hydrogens (tertiary/aromatic N) is 3. The fourth-order valence-electron chi connectivity index (χ4n) is 8.56. The van der Waals surface area contributed by atoms with Crippen LogP contribution in [0.5, 0.6) is 0 Å². The van der Waals surface area contributed by atoms with E-state index in [1.165, 1.54) is 64.6 Å². The summed E-state index contributed by atoms with van der Waals surface area (Å²) in [5.41, 5.74) is 7.38. The van der Waals surface area contributed by atoms with Gasteiger partial charge in [0, 0.05) is 16.7 Å². The van der Waals surface area contributed by atoms with E-state index in [1.54, 1.807) is 0 Å².